The fourth-order valence-electron chi connectivity index (χ4n) is 2.81. The number of nitrogens with one attached hydrogen (secondary N) is 1. The summed E-state index contributed by atoms with van der Waals surface area (Å²) in [6.45, 7) is 4.34. The van der Waals surface area contributed by atoms with E-state index >= 15 is 0 Å². The molecule has 0 aliphatic carbocycles. The Morgan fingerprint density at radius 1 is 0.897 bits per heavy atom. The van der Waals surface area contributed by atoms with Crippen LogP contribution in [0.25, 0.3) is 0 Å². The minimum Gasteiger partial charge on any atom is -0.489 e. The van der Waals surface area contributed by atoms with Gasteiger partial charge in [0.05, 0.1) is 12.2 Å². The first-order chi connectivity index (χ1) is 14.1. The Hall–Kier alpha value is -3.60. The maximum Gasteiger partial charge on any atom is 0.338 e. The summed E-state index contributed by atoms with van der Waals surface area (Å²) in [6, 6.07) is 21.9. The molecule has 0 spiro atoms. The van der Waals surface area contributed by atoms with Crippen LogP contribution in [0.5, 0.6) is 5.75 Å². The predicted octanol–water partition coefficient (Wildman–Crippen LogP) is 5.00. The fraction of sp³-hybridized carbons (Fsp3) is 0.167. The molecule has 0 saturated heterocycles. The summed E-state index contributed by atoms with van der Waals surface area (Å²) in [5, 5.41) is 2.88. The summed E-state index contributed by atoms with van der Waals surface area (Å²) >= 11 is 0. The number of amides is 1. The van der Waals surface area contributed by atoms with Crippen LogP contribution in [-0.2, 0) is 11.3 Å². The van der Waals surface area contributed by atoms with Crippen molar-refractivity contribution in [1.82, 2.24) is 0 Å². The lowest BCUT2D eigenvalue weighted by Gasteiger charge is -2.11. The average molecular weight is 389 g/mol. The second-order valence-electron chi connectivity index (χ2n) is 6.51. The number of ether oxygens (including phenoxy) is 2. The highest BCUT2D eigenvalue weighted by atomic mass is 16.5. The lowest BCUT2D eigenvalue weighted by Crippen LogP contribution is -2.13. The van der Waals surface area contributed by atoms with Crippen molar-refractivity contribution in [2.75, 3.05) is 11.9 Å². The average Bonchev–Trinajstić information content (AvgIpc) is 2.74. The lowest BCUT2D eigenvalue weighted by atomic mass is 10.1. The molecule has 3 aromatic rings. The van der Waals surface area contributed by atoms with Crippen LogP contribution in [-0.4, -0.2) is 18.5 Å². The number of esters is 1. The number of benzene rings is 3. The van der Waals surface area contributed by atoms with E-state index in [1.54, 1.807) is 43.3 Å². The van der Waals surface area contributed by atoms with Crippen LogP contribution in [0.4, 0.5) is 5.69 Å². The molecular formula is C24H23NO4. The van der Waals surface area contributed by atoms with Crippen LogP contribution in [0, 0.1) is 6.92 Å². The van der Waals surface area contributed by atoms with Gasteiger partial charge in [-0.2, -0.15) is 0 Å². The minimum absolute atomic E-state index is 0.248. The fourth-order valence-corrected chi connectivity index (χ4v) is 2.81. The SMILES string of the molecule is CCOC(=O)c1ccc(NC(=O)c2cccc(OCc3ccccc3)c2)c(C)c1. The zero-order valence-corrected chi connectivity index (χ0v) is 16.5. The van der Waals surface area contributed by atoms with Crippen molar-refractivity contribution in [3.63, 3.8) is 0 Å². The first-order valence-electron chi connectivity index (χ1n) is 9.42. The van der Waals surface area contributed by atoms with Gasteiger partial charge in [0, 0.05) is 11.3 Å². The highest BCUT2D eigenvalue weighted by molar-refractivity contribution is 6.05. The molecule has 0 saturated carbocycles. The van der Waals surface area contributed by atoms with Crippen molar-refractivity contribution < 1.29 is 19.1 Å². The Labute approximate surface area is 170 Å². The Morgan fingerprint density at radius 2 is 1.69 bits per heavy atom. The molecule has 0 bridgehead atoms. The van der Waals surface area contributed by atoms with Crippen LogP contribution < -0.4 is 10.1 Å². The molecule has 0 unspecified atom stereocenters. The monoisotopic (exact) mass is 389 g/mol. The smallest absolute Gasteiger partial charge is 0.338 e. The van der Waals surface area contributed by atoms with E-state index < -0.39 is 0 Å². The summed E-state index contributed by atoms with van der Waals surface area (Å²) in [7, 11) is 0. The number of aryl methyl sites for hydroxylation is 1. The number of rotatable bonds is 7. The molecule has 1 amide bonds. The van der Waals surface area contributed by atoms with Gasteiger partial charge in [0.1, 0.15) is 12.4 Å². The Kier molecular flexibility index (Phi) is 6.63. The lowest BCUT2D eigenvalue weighted by molar-refractivity contribution is 0.0526. The second-order valence-corrected chi connectivity index (χ2v) is 6.51. The van der Waals surface area contributed by atoms with Gasteiger partial charge >= 0.3 is 5.97 Å². The van der Waals surface area contributed by atoms with Crippen LogP contribution in [0.1, 0.15) is 38.8 Å². The van der Waals surface area contributed by atoms with Crippen LogP contribution >= 0.6 is 0 Å². The van der Waals surface area contributed by atoms with E-state index in [0.717, 1.165) is 11.1 Å². The number of carbonyl (C=O) groups excluding carboxylic acids is 2. The summed E-state index contributed by atoms with van der Waals surface area (Å²) in [4.78, 5) is 24.5. The van der Waals surface area contributed by atoms with Gasteiger partial charge < -0.3 is 14.8 Å². The quantitative estimate of drug-likeness (QED) is 0.578. The van der Waals surface area contributed by atoms with E-state index in [9.17, 15) is 9.59 Å². The molecule has 148 valence electrons. The normalized spacial score (nSPS) is 10.3. The maximum atomic E-state index is 12.7. The van der Waals surface area contributed by atoms with Crippen LogP contribution in [0.3, 0.4) is 0 Å². The van der Waals surface area contributed by atoms with Gasteiger partial charge in [-0.3, -0.25) is 4.79 Å². The first kappa shape index (κ1) is 20.1. The molecule has 3 rings (SSSR count). The zero-order valence-electron chi connectivity index (χ0n) is 16.5. The van der Waals surface area contributed by atoms with Crippen molar-refractivity contribution in [3.05, 3.63) is 95.1 Å². The van der Waals surface area contributed by atoms with Crippen molar-refractivity contribution in [2.24, 2.45) is 0 Å². The standard InChI is InChI=1S/C24H23NO4/c1-3-28-24(27)20-12-13-22(17(2)14-20)25-23(26)19-10-7-11-21(15-19)29-16-18-8-5-4-6-9-18/h4-15H,3,16H2,1-2H3,(H,25,26). The van der Waals surface area contributed by atoms with E-state index in [1.165, 1.54) is 0 Å². The summed E-state index contributed by atoms with van der Waals surface area (Å²) in [5.41, 5.74) is 3.42. The molecule has 0 aliphatic rings. The number of hydrogen-bond donors (Lipinski definition) is 1. The van der Waals surface area contributed by atoms with Crippen molar-refractivity contribution in [3.8, 4) is 5.75 Å². The Morgan fingerprint density at radius 3 is 2.41 bits per heavy atom. The molecule has 29 heavy (non-hydrogen) atoms. The summed E-state index contributed by atoms with van der Waals surface area (Å²) in [6.07, 6.45) is 0. The summed E-state index contributed by atoms with van der Waals surface area (Å²) < 4.78 is 10.8. The van der Waals surface area contributed by atoms with Crippen molar-refractivity contribution in [2.45, 2.75) is 20.5 Å². The third kappa shape index (κ3) is 5.45. The van der Waals surface area contributed by atoms with Gasteiger partial charge in [-0.1, -0.05) is 36.4 Å². The molecule has 5 nitrogen and oxygen atoms in total. The molecule has 0 fully saturated rings. The molecule has 1 N–H and O–H groups in total. The number of anilines is 1. The Bertz CT molecular complexity index is 999. The van der Waals surface area contributed by atoms with Gasteiger partial charge in [0.25, 0.3) is 5.91 Å². The third-order valence-electron chi connectivity index (χ3n) is 4.33. The van der Waals surface area contributed by atoms with Gasteiger partial charge in [-0.25, -0.2) is 4.79 Å². The molecule has 0 aliphatic heterocycles. The minimum atomic E-state index is -0.378. The summed E-state index contributed by atoms with van der Waals surface area (Å²) in [5.74, 6) is -0.00484. The number of carbonyl (C=O) groups is 2. The molecule has 0 heterocycles. The van der Waals surface area contributed by atoms with Gasteiger partial charge in [-0.15, -0.1) is 0 Å². The van der Waals surface area contributed by atoms with Gasteiger partial charge in [0.2, 0.25) is 0 Å². The van der Waals surface area contributed by atoms with Crippen LogP contribution in [0.2, 0.25) is 0 Å². The van der Waals surface area contributed by atoms with E-state index in [2.05, 4.69) is 5.32 Å². The van der Waals surface area contributed by atoms with E-state index in [0.29, 0.717) is 35.8 Å². The van der Waals surface area contributed by atoms with E-state index in [1.807, 2.05) is 43.3 Å². The van der Waals surface area contributed by atoms with Gasteiger partial charge in [0.15, 0.2) is 0 Å². The first-order valence-corrected chi connectivity index (χ1v) is 9.42. The van der Waals surface area contributed by atoms with Gasteiger partial charge in [-0.05, 0) is 61.4 Å². The highest BCUT2D eigenvalue weighted by Gasteiger charge is 2.12. The number of hydrogen-bond acceptors (Lipinski definition) is 4. The Balaban J connectivity index is 1.67. The molecule has 0 radical (unpaired) electrons. The largest absolute Gasteiger partial charge is 0.489 e. The van der Waals surface area contributed by atoms with Crippen molar-refractivity contribution in [1.29, 1.82) is 0 Å². The third-order valence-corrected chi connectivity index (χ3v) is 4.33. The second kappa shape index (κ2) is 9.55. The van der Waals surface area contributed by atoms with Crippen molar-refractivity contribution >= 4 is 17.6 Å². The van der Waals surface area contributed by atoms with E-state index in [-0.39, 0.29) is 11.9 Å². The molecule has 0 atom stereocenters. The van der Waals surface area contributed by atoms with E-state index in [4.69, 9.17) is 9.47 Å². The molecular weight excluding hydrogens is 366 g/mol. The highest BCUT2D eigenvalue weighted by Crippen LogP contribution is 2.20. The molecule has 3 aromatic carbocycles. The zero-order chi connectivity index (χ0) is 20.6. The topological polar surface area (TPSA) is 64.6 Å². The molecule has 0 aromatic heterocycles. The van der Waals surface area contributed by atoms with Crippen LogP contribution in [0.15, 0.2) is 72.8 Å². The molecule has 5 heteroatoms. The maximum absolute atomic E-state index is 12.7. The predicted molar refractivity (Wildman–Crippen MR) is 112 cm³/mol.